The first kappa shape index (κ1) is 12.5. The van der Waals surface area contributed by atoms with Crippen LogP contribution in [0.1, 0.15) is 18.5 Å². The lowest BCUT2D eigenvalue weighted by atomic mass is 10.1. The summed E-state index contributed by atoms with van der Waals surface area (Å²) >= 11 is 0. The fraction of sp³-hybridized carbons (Fsp3) is 0.118. The van der Waals surface area contributed by atoms with Crippen LogP contribution in [-0.2, 0) is 0 Å². The number of benzene rings is 2. The molecule has 1 aromatic heterocycles. The van der Waals surface area contributed by atoms with E-state index >= 15 is 0 Å². The Hall–Kier alpha value is -2.55. The lowest BCUT2D eigenvalue weighted by molar-refractivity contribution is 0.887. The number of nitrogens with one attached hydrogen (secondary N) is 1. The molecule has 0 aliphatic heterocycles. The second kappa shape index (κ2) is 5.21. The average molecular weight is 263 g/mol. The Labute approximate surface area is 118 Å². The molecule has 3 heteroatoms. The molecular formula is C17H17N3. The van der Waals surface area contributed by atoms with Crippen molar-refractivity contribution in [2.75, 3.05) is 11.1 Å². The molecule has 0 aliphatic rings. The van der Waals surface area contributed by atoms with E-state index in [4.69, 9.17) is 5.73 Å². The van der Waals surface area contributed by atoms with Gasteiger partial charge in [-0.3, -0.25) is 4.98 Å². The van der Waals surface area contributed by atoms with Gasteiger partial charge in [0.15, 0.2) is 0 Å². The van der Waals surface area contributed by atoms with E-state index < -0.39 is 0 Å². The third-order valence-corrected chi connectivity index (χ3v) is 3.52. The first-order valence-electron chi connectivity index (χ1n) is 6.69. The monoisotopic (exact) mass is 263 g/mol. The minimum Gasteiger partial charge on any atom is -0.398 e. The van der Waals surface area contributed by atoms with E-state index in [1.807, 2.05) is 30.5 Å². The van der Waals surface area contributed by atoms with Crippen molar-refractivity contribution in [1.29, 1.82) is 0 Å². The number of nitrogens with zero attached hydrogens (tertiary/aromatic N) is 1. The molecule has 2 aromatic carbocycles. The van der Waals surface area contributed by atoms with Crippen LogP contribution in [0.4, 0.5) is 11.4 Å². The third-order valence-electron chi connectivity index (χ3n) is 3.52. The summed E-state index contributed by atoms with van der Waals surface area (Å²) in [4.78, 5) is 4.14. The van der Waals surface area contributed by atoms with Gasteiger partial charge in [0, 0.05) is 40.6 Å². The summed E-state index contributed by atoms with van der Waals surface area (Å²) in [6.45, 7) is 2.15. The quantitative estimate of drug-likeness (QED) is 0.702. The van der Waals surface area contributed by atoms with Crippen molar-refractivity contribution >= 4 is 22.1 Å². The number of aromatic nitrogens is 1. The minimum atomic E-state index is 0.233. The molecule has 0 spiro atoms. The van der Waals surface area contributed by atoms with Crippen LogP contribution in [0.15, 0.2) is 60.9 Å². The highest BCUT2D eigenvalue weighted by Crippen LogP contribution is 2.30. The SMILES string of the molecule is CC(Nc1ccc(N)c2cnccc12)c1ccccc1. The maximum atomic E-state index is 6.00. The third kappa shape index (κ3) is 2.30. The molecule has 3 nitrogen and oxygen atoms in total. The van der Waals surface area contributed by atoms with Gasteiger partial charge in [0.25, 0.3) is 0 Å². The summed E-state index contributed by atoms with van der Waals surface area (Å²) < 4.78 is 0. The predicted octanol–water partition coefficient (Wildman–Crippen LogP) is 3.99. The van der Waals surface area contributed by atoms with Crippen LogP contribution >= 0.6 is 0 Å². The summed E-state index contributed by atoms with van der Waals surface area (Å²) in [5.41, 5.74) is 9.09. The maximum absolute atomic E-state index is 6.00. The molecule has 100 valence electrons. The van der Waals surface area contributed by atoms with E-state index in [9.17, 15) is 0 Å². The predicted molar refractivity (Wildman–Crippen MR) is 84.6 cm³/mol. The van der Waals surface area contributed by atoms with Crippen LogP contribution in [0.2, 0.25) is 0 Å². The molecule has 0 bridgehead atoms. The van der Waals surface area contributed by atoms with E-state index in [0.717, 1.165) is 22.1 Å². The summed E-state index contributed by atoms with van der Waals surface area (Å²) in [7, 11) is 0. The molecule has 3 N–H and O–H groups in total. The van der Waals surface area contributed by atoms with Gasteiger partial charge in [-0.1, -0.05) is 30.3 Å². The Kier molecular flexibility index (Phi) is 3.25. The lowest BCUT2D eigenvalue weighted by Crippen LogP contribution is -2.07. The number of pyridine rings is 1. The van der Waals surface area contributed by atoms with E-state index in [2.05, 4.69) is 41.5 Å². The van der Waals surface area contributed by atoms with Crippen molar-refractivity contribution in [1.82, 2.24) is 4.98 Å². The molecule has 20 heavy (non-hydrogen) atoms. The molecular weight excluding hydrogens is 246 g/mol. The van der Waals surface area contributed by atoms with E-state index in [-0.39, 0.29) is 6.04 Å². The Morgan fingerprint density at radius 3 is 2.60 bits per heavy atom. The molecule has 0 saturated carbocycles. The molecule has 0 radical (unpaired) electrons. The van der Waals surface area contributed by atoms with Gasteiger partial charge in [-0.05, 0) is 30.7 Å². The van der Waals surface area contributed by atoms with Crippen LogP contribution in [0.3, 0.4) is 0 Å². The number of hydrogen-bond donors (Lipinski definition) is 2. The Morgan fingerprint density at radius 2 is 1.80 bits per heavy atom. The lowest BCUT2D eigenvalue weighted by Gasteiger charge is -2.17. The Balaban J connectivity index is 1.97. The number of fused-ring (bicyclic) bond motifs is 1. The standard InChI is InChI=1S/C17H17N3/c1-12(13-5-3-2-4-6-13)20-17-8-7-16(18)15-11-19-10-9-14(15)17/h2-12,20H,18H2,1H3. The van der Waals surface area contributed by atoms with Crippen LogP contribution in [0, 0.1) is 0 Å². The summed E-state index contributed by atoms with van der Waals surface area (Å²) in [5.74, 6) is 0. The van der Waals surface area contributed by atoms with Gasteiger partial charge in [-0.15, -0.1) is 0 Å². The van der Waals surface area contributed by atoms with Gasteiger partial charge < -0.3 is 11.1 Å². The first-order chi connectivity index (χ1) is 9.75. The highest BCUT2D eigenvalue weighted by atomic mass is 14.9. The molecule has 1 unspecified atom stereocenters. The highest BCUT2D eigenvalue weighted by molar-refractivity contribution is 6.00. The van der Waals surface area contributed by atoms with Crippen LogP contribution in [0.5, 0.6) is 0 Å². The molecule has 1 atom stereocenters. The Morgan fingerprint density at radius 1 is 1.00 bits per heavy atom. The molecule has 3 rings (SSSR count). The van der Waals surface area contributed by atoms with Crippen LogP contribution in [-0.4, -0.2) is 4.98 Å². The van der Waals surface area contributed by atoms with Crippen LogP contribution < -0.4 is 11.1 Å². The summed E-state index contributed by atoms with van der Waals surface area (Å²) in [5, 5.41) is 5.63. The summed E-state index contributed by atoms with van der Waals surface area (Å²) in [6, 6.07) is 16.6. The van der Waals surface area contributed by atoms with Crippen molar-refractivity contribution < 1.29 is 0 Å². The second-order valence-corrected chi connectivity index (χ2v) is 4.90. The second-order valence-electron chi connectivity index (χ2n) is 4.90. The summed E-state index contributed by atoms with van der Waals surface area (Å²) in [6.07, 6.45) is 3.60. The molecule has 1 heterocycles. The van der Waals surface area contributed by atoms with Gasteiger partial charge in [0.05, 0.1) is 0 Å². The minimum absolute atomic E-state index is 0.233. The maximum Gasteiger partial charge on any atom is 0.0485 e. The fourth-order valence-corrected chi connectivity index (χ4v) is 2.40. The number of hydrogen-bond acceptors (Lipinski definition) is 3. The Bertz CT molecular complexity index is 723. The smallest absolute Gasteiger partial charge is 0.0485 e. The first-order valence-corrected chi connectivity index (χ1v) is 6.69. The topological polar surface area (TPSA) is 50.9 Å². The number of nitrogen functional groups attached to an aromatic ring is 1. The van der Waals surface area contributed by atoms with E-state index in [1.165, 1.54) is 5.56 Å². The number of rotatable bonds is 3. The zero-order valence-electron chi connectivity index (χ0n) is 11.4. The zero-order valence-corrected chi connectivity index (χ0v) is 11.4. The molecule has 0 aliphatic carbocycles. The van der Waals surface area contributed by atoms with E-state index in [0.29, 0.717) is 0 Å². The van der Waals surface area contributed by atoms with Crippen molar-refractivity contribution in [2.45, 2.75) is 13.0 Å². The van der Waals surface area contributed by atoms with E-state index in [1.54, 1.807) is 6.20 Å². The van der Waals surface area contributed by atoms with Crippen molar-refractivity contribution in [3.63, 3.8) is 0 Å². The highest BCUT2D eigenvalue weighted by Gasteiger charge is 2.08. The average Bonchev–Trinajstić information content (AvgIpc) is 2.51. The molecule has 3 aromatic rings. The van der Waals surface area contributed by atoms with Gasteiger partial charge in [-0.2, -0.15) is 0 Å². The number of nitrogens with two attached hydrogens (primary N) is 1. The van der Waals surface area contributed by atoms with Crippen molar-refractivity contribution in [3.05, 3.63) is 66.5 Å². The van der Waals surface area contributed by atoms with Crippen molar-refractivity contribution in [3.8, 4) is 0 Å². The molecule has 0 fully saturated rings. The largest absolute Gasteiger partial charge is 0.398 e. The van der Waals surface area contributed by atoms with Gasteiger partial charge in [-0.25, -0.2) is 0 Å². The van der Waals surface area contributed by atoms with Gasteiger partial charge in [0.1, 0.15) is 0 Å². The normalized spacial score (nSPS) is 12.2. The van der Waals surface area contributed by atoms with Gasteiger partial charge in [0.2, 0.25) is 0 Å². The van der Waals surface area contributed by atoms with Crippen molar-refractivity contribution in [2.24, 2.45) is 0 Å². The zero-order chi connectivity index (χ0) is 13.9. The fourth-order valence-electron chi connectivity index (χ4n) is 2.40. The van der Waals surface area contributed by atoms with Gasteiger partial charge >= 0.3 is 0 Å². The van der Waals surface area contributed by atoms with Crippen LogP contribution in [0.25, 0.3) is 10.8 Å². The molecule has 0 saturated heterocycles. The number of anilines is 2. The molecule has 0 amide bonds.